The first-order valence-corrected chi connectivity index (χ1v) is 7.38. The molecule has 0 aromatic heterocycles. The van der Waals surface area contributed by atoms with Crippen LogP contribution < -0.4 is 0 Å². The predicted octanol–water partition coefficient (Wildman–Crippen LogP) is 4.07. The molecule has 2 aliphatic carbocycles. The van der Waals surface area contributed by atoms with Crippen LogP contribution in [-0.2, 0) is 11.2 Å². The smallest absolute Gasteiger partial charge is 0.137 e. The number of ketones is 1. The third-order valence-electron chi connectivity index (χ3n) is 5.07. The molecule has 0 aliphatic heterocycles. The number of hydrogen-bond acceptors (Lipinski definition) is 1. The molecule has 3 atom stereocenters. The maximum Gasteiger partial charge on any atom is 0.137 e. The van der Waals surface area contributed by atoms with Gasteiger partial charge in [0.25, 0.3) is 0 Å². The summed E-state index contributed by atoms with van der Waals surface area (Å²) in [6, 6.07) is 4.72. The van der Waals surface area contributed by atoms with Crippen molar-refractivity contribution in [1.82, 2.24) is 0 Å². The number of carbonyl (C=O) groups is 1. The van der Waals surface area contributed by atoms with Crippen molar-refractivity contribution in [1.29, 1.82) is 0 Å². The monoisotopic (exact) mass is 260 g/mol. The van der Waals surface area contributed by atoms with E-state index in [2.05, 4.69) is 0 Å². The van der Waals surface area contributed by atoms with E-state index in [1.807, 2.05) is 6.92 Å². The number of carbonyl (C=O) groups excluding carboxylic acids is 1. The van der Waals surface area contributed by atoms with Crippen molar-refractivity contribution in [3.63, 3.8) is 0 Å². The van der Waals surface area contributed by atoms with Crippen molar-refractivity contribution >= 4 is 5.78 Å². The molecule has 1 aromatic carbocycles. The van der Waals surface area contributed by atoms with E-state index in [1.54, 1.807) is 6.07 Å². The summed E-state index contributed by atoms with van der Waals surface area (Å²) in [6.45, 7) is 1.94. The summed E-state index contributed by atoms with van der Waals surface area (Å²) in [5.74, 6) is 2.33. The van der Waals surface area contributed by atoms with Crippen LogP contribution >= 0.6 is 0 Å². The Labute approximate surface area is 114 Å². The van der Waals surface area contributed by atoms with Crippen LogP contribution in [-0.4, -0.2) is 5.78 Å². The highest BCUT2D eigenvalue weighted by molar-refractivity contribution is 5.81. The molecule has 2 aliphatic rings. The van der Waals surface area contributed by atoms with Gasteiger partial charge in [-0.2, -0.15) is 0 Å². The molecule has 0 heterocycles. The molecular formula is C17H21FO. The van der Waals surface area contributed by atoms with Crippen LogP contribution in [0.5, 0.6) is 0 Å². The molecule has 0 radical (unpaired) electrons. The largest absolute Gasteiger partial charge is 0.299 e. The highest BCUT2D eigenvalue weighted by Gasteiger charge is 2.39. The molecule has 3 unspecified atom stereocenters. The van der Waals surface area contributed by atoms with Crippen molar-refractivity contribution in [2.75, 3.05) is 0 Å². The SMILES string of the molecule is Cc1ccc(F)cc1CC(=O)CC1CC2CCC1C2. The lowest BCUT2D eigenvalue weighted by molar-refractivity contribution is -0.119. The van der Waals surface area contributed by atoms with Gasteiger partial charge in [0, 0.05) is 12.8 Å². The number of fused-ring (bicyclic) bond motifs is 2. The fraction of sp³-hybridized carbons (Fsp3) is 0.588. The summed E-state index contributed by atoms with van der Waals surface area (Å²) in [5.41, 5.74) is 1.87. The van der Waals surface area contributed by atoms with Gasteiger partial charge in [-0.25, -0.2) is 4.39 Å². The van der Waals surface area contributed by atoms with Gasteiger partial charge in [0.15, 0.2) is 0 Å². The van der Waals surface area contributed by atoms with Crippen LogP contribution in [0, 0.1) is 30.5 Å². The molecule has 2 heteroatoms. The lowest BCUT2D eigenvalue weighted by atomic mass is 9.84. The second kappa shape index (κ2) is 5.07. The Morgan fingerprint density at radius 1 is 1.32 bits per heavy atom. The summed E-state index contributed by atoms with van der Waals surface area (Å²) >= 11 is 0. The van der Waals surface area contributed by atoms with E-state index >= 15 is 0 Å². The quantitative estimate of drug-likeness (QED) is 0.797. The maximum atomic E-state index is 13.2. The van der Waals surface area contributed by atoms with E-state index in [0.717, 1.165) is 23.0 Å². The molecule has 0 N–H and O–H groups in total. The topological polar surface area (TPSA) is 17.1 Å². The van der Waals surface area contributed by atoms with E-state index in [9.17, 15) is 9.18 Å². The van der Waals surface area contributed by atoms with Crippen LogP contribution in [0.3, 0.4) is 0 Å². The Balaban J connectivity index is 1.61. The predicted molar refractivity (Wildman–Crippen MR) is 73.4 cm³/mol. The normalized spacial score (nSPS) is 28.8. The molecule has 102 valence electrons. The Morgan fingerprint density at radius 2 is 2.16 bits per heavy atom. The first kappa shape index (κ1) is 12.8. The standard InChI is InChI=1S/C17H21FO/c1-11-2-5-16(18)8-14(11)9-17(19)10-15-7-12-3-4-13(15)6-12/h2,5,8,12-13,15H,3-4,6-7,9-10H2,1H3. The van der Waals surface area contributed by atoms with Crippen LogP contribution in [0.2, 0.25) is 0 Å². The number of halogens is 1. The van der Waals surface area contributed by atoms with E-state index in [1.165, 1.54) is 37.8 Å². The summed E-state index contributed by atoms with van der Waals surface area (Å²) in [6.07, 6.45) is 6.39. The van der Waals surface area contributed by atoms with Crippen LogP contribution in [0.25, 0.3) is 0 Å². The molecule has 3 rings (SSSR count). The van der Waals surface area contributed by atoms with Crippen molar-refractivity contribution < 1.29 is 9.18 Å². The molecule has 2 bridgehead atoms. The Kier molecular flexibility index (Phi) is 3.42. The summed E-state index contributed by atoms with van der Waals surface area (Å²) < 4.78 is 13.2. The number of hydrogen-bond donors (Lipinski definition) is 0. The molecule has 0 spiro atoms. The van der Waals surface area contributed by atoms with Crippen LogP contribution in [0.4, 0.5) is 4.39 Å². The number of benzene rings is 1. The Morgan fingerprint density at radius 3 is 2.84 bits per heavy atom. The number of aryl methyl sites for hydroxylation is 1. The summed E-state index contributed by atoms with van der Waals surface area (Å²) in [4.78, 5) is 12.2. The number of rotatable bonds is 4. The molecule has 0 amide bonds. The maximum absolute atomic E-state index is 13.2. The van der Waals surface area contributed by atoms with E-state index in [0.29, 0.717) is 18.8 Å². The first-order chi connectivity index (χ1) is 9.11. The minimum absolute atomic E-state index is 0.242. The van der Waals surface area contributed by atoms with Gasteiger partial charge in [-0.05, 0) is 67.2 Å². The highest BCUT2D eigenvalue weighted by Crippen LogP contribution is 2.49. The Bertz CT molecular complexity index is 494. The first-order valence-electron chi connectivity index (χ1n) is 7.38. The van der Waals surface area contributed by atoms with Crippen molar-refractivity contribution in [3.8, 4) is 0 Å². The highest BCUT2D eigenvalue weighted by atomic mass is 19.1. The van der Waals surface area contributed by atoms with Gasteiger partial charge in [-0.3, -0.25) is 4.79 Å². The minimum atomic E-state index is -0.242. The second-order valence-electron chi connectivity index (χ2n) is 6.43. The van der Waals surface area contributed by atoms with Gasteiger partial charge in [0.05, 0.1) is 0 Å². The van der Waals surface area contributed by atoms with E-state index in [4.69, 9.17) is 0 Å². The Hall–Kier alpha value is -1.18. The zero-order valence-corrected chi connectivity index (χ0v) is 11.5. The molecule has 19 heavy (non-hydrogen) atoms. The van der Waals surface area contributed by atoms with Gasteiger partial charge in [-0.1, -0.05) is 12.5 Å². The third-order valence-corrected chi connectivity index (χ3v) is 5.07. The molecule has 0 saturated heterocycles. The third kappa shape index (κ3) is 2.72. The van der Waals surface area contributed by atoms with Gasteiger partial charge in [0.2, 0.25) is 0 Å². The zero-order chi connectivity index (χ0) is 13.4. The second-order valence-corrected chi connectivity index (χ2v) is 6.43. The average Bonchev–Trinajstić information content (AvgIpc) is 2.96. The lowest BCUT2D eigenvalue weighted by Gasteiger charge is -2.20. The fourth-order valence-corrected chi connectivity index (χ4v) is 4.03. The van der Waals surface area contributed by atoms with Gasteiger partial charge in [0.1, 0.15) is 11.6 Å². The van der Waals surface area contributed by atoms with Crippen LogP contribution in [0.15, 0.2) is 18.2 Å². The van der Waals surface area contributed by atoms with Crippen LogP contribution in [0.1, 0.15) is 43.2 Å². The lowest BCUT2D eigenvalue weighted by Crippen LogP contribution is -2.16. The molecule has 2 fully saturated rings. The molecule has 1 nitrogen and oxygen atoms in total. The molecular weight excluding hydrogens is 239 g/mol. The van der Waals surface area contributed by atoms with Crippen molar-refractivity contribution in [3.05, 3.63) is 35.1 Å². The van der Waals surface area contributed by atoms with Gasteiger partial charge >= 0.3 is 0 Å². The molecule has 2 saturated carbocycles. The zero-order valence-electron chi connectivity index (χ0n) is 11.5. The van der Waals surface area contributed by atoms with Gasteiger partial charge in [-0.15, -0.1) is 0 Å². The number of Topliss-reactive ketones (excluding diaryl/α,β-unsaturated/α-hetero) is 1. The van der Waals surface area contributed by atoms with Crippen molar-refractivity contribution in [2.45, 2.75) is 45.4 Å². The van der Waals surface area contributed by atoms with E-state index in [-0.39, 0.29) is 11.6 Å². The van der Waals surface area contributed by atoms with Gasteiger partial charge < -0.3 is 0 Å². The minimum Gasteiger partial charge on any atom is -0.299 e. The van der Waals surface area contributed by atoms with E-state index < -0.39 is 0 Å². The fourth-order valence-electron chi connectivity index (χ4n) is 4.03. The van der Waals surface area contributed by atoms with Crippen molar-refractivity contribution in [2.24, 2.45) is 17.8 Å². The molecule has 1 aromatic rings. The summed E-state index contributed by atoms with van der Waals surface area (Å²) in [5, 5.41) is 0. The average molecular weight is 260 g/mol. The summed E-state index contributed by atoms with van der Waals surface area (Å²) in [7, 11) is 0.